The Hall–Kier alpha value is -1.60. The van der Waals surface area contributed by atoms with Crippen LogP contribution in [0.2, 0.25) is 0 Å². The van der Waals surface area contributed by atoms with Crippen LogP contribution >= 0.6 is 0 Å². The molecule has 0 unspecified atom stereocenters. The third kappa shape index (κ3) is 3.96. The lowest BCUT2D eigenvalue weighted by Crippen LogP contribution is -2.05. The third-order valence-corrected chi connectivity index (χ3v) is 1.59. The van der Waals surface area contributed by atoms with Gasteiger partial charge in [-0.25, -0.2) is 0 Å². The van der Waals surface area contributed by atoms with Gasteiger partial charge in [0.1, 0.15) is 5.75 Å². The van der Waals surface area contributed by atoms with Crippen LogP contribution in [0.5, 0.6) is 5.75 Å². The molecule has 0 heterocycles. The summed E-state index contributed by atoms with van der Waals surface area (Å²) < 4.78 is 28.3. The number of ether oxygens (including phenoxy) is 1. The van der Waals surface area contributed by atoms with Gasteiger partial charge in [-0.15, -0.1) is 0 Å². The molecule has 0 spiro atoms. The average Bonchev–Trinajstić information content (AvgIpc) is 2.20. The van der Waals surface area contributed by atoms with Gasteiger partial charge < -0.3 is 10.1 Å². The largest absolute Gasteiger partial charge is 0.434 e. The number of halogens is 2. The minimum absolute atomic E-state index is 0.108. The van der Waals surface area contributed by atoms with E-state index in [-0.39, 0.29) is 5.75 Å². The summed E-state index contributed by atoms with van der Waals surface area (Å²) in [7, 11) is 1.76. The predicted molar refractivity (Wildman–Crippen MR) is 53.9 cm³/mol. The van der Waals surface area contributed by atoms with E-state index in [9.17, 15) is 8.78 Å². The number of alkyl halides is 2. The number of hydrogen-bond acceptors (Lipinski definition) is 2. The van der Waals surface area contributed by atoms with Gasteiger partial charge in [-0.3, -0.25) is 0 Å². The van der Waals surface area contributed by atoms with Crippen molar-refractivity contribution in [1.29, 1.82) is 0 Å². The van der Waals surface area contributed by atoms with Crippen LogP contribution in [0, 0.1) is 11.8 Å². The number of nitrogens with one attached hydrogen (secondary N) is 1. The second kappa shape index (κ2) is 5.99. The molecule has 1 N–H and O–H groups in total. The zero-order chi connectivity index (χ0) is 11.1. The number of para-hydroxylation sites is 1. The molecular formula is C11H11F2NO. The second-order valence-electron chi connectivity index (χ2n) is 2.71. The molecule has 0 saturated heterocycles. The van der Waals surface area contributed by atoms with Crippen molar-refractivity contribution < 1.29 is 13.5 Å². The molecule has 0 aromatic heterocycles. The van der Waals surface area contributed by atoms with Crippen molar-refractivity contribution in [2.75, 3.05) is 13.6 Å². The fourth-order valence-electron chi connectivity index (χ4n) is 0.996. The zero-order valence-corrected chi connectivity index (χ0v) is 8.26. The van der Waals surface area contributed by atoms with Crippen LogP contribution in [0.4, 0.5) is 8.78 Å². The van der Waals surface area contributed by atoms with Crippen molar-refractivity contribution in [3.05, 3.63) is 29.8 Å². The summed E-state index contributed by atoms with van der Waals surface area (Å²) in [6.45, 7) is -2.32. The highest BCUT2D eigenvalue weighted by molar-refractivity contribution is 5.45. The first-order valence-corrected chi connectivity index (χ1v) is 4.41. The van der Waals surface area contributed by atoms with Crippen molar-refractivity contribution in [2.24, 2.45) is 0 Å². The fraction of sp³-hybridized carbons (Fsp3) is 0.273. The first-order valence-electron chi connectivity index (χ1n) is 4.41. The highest BCUT2D eigenvalue weighted by Gasteiger charge is 2.06. The molecule has 2 nitrogen and oxygen atoms in total. The van der Waals surface area contributed by atoms with Gasteiger partial charge in [0.2, 0.25) is 0 Å². The summed E-state index contributed by atoms with van der Waals surface area (Å²) >= 11 is 0. The van der Waals surface area contributed by atoms with Crippen LogP contribution in [-0.4, -0.2) is 20.2 Å². The van der Waals surface area contributed by atoms with E-state index in [1.807, 2.05) is 0 Å². The van der Waals surface area contributed by atoms with Crippen LogP contribution in [0.15, 0.2) is 24.3 Å². The SMILES string of the molecule is CNCC#Cc1ccccc1OC(F)F. The van der Waals surface area contributed by atoms with E-state index in [1.54, 1.807) is 25.2 Å². The number of benzene rings is 1. The van der Waals surface area contributed by atoms with Gasteiger partial charge in [-0.2, -0.15) is 8.78 Å². The Bertz CT molecular complexity index is 368. The molecule has 0 fully saturated rings. The van der Waals surface area contributed by atoms with Crippen LogP contribution in [0.3, 0.4) is 0 Å². The minimum Gasteiger partial charge on any atom is -0.434 e. The van der Waals surface area contributed by atoms with Crippen molar-refractivity contribution >= 4 is 0 Å². The molecule has 0 aliphatic rings. The summed E-state index contributed by atoms with van der Waals surface area (Å²) in [5.74, 6) is 5.64. The van der Waals surface area contributed by atoms with Crippen LogP contribution in [0.1, 0.15) is 5.56 Å². The van der Waals surface area contributed by atoms with Gasteiger partial charge in [0.15, 0.2) is 0 Å². The maximum Gasteiger partial charge on any atom is 0.387 e. The fourth-order valence-corrected chi connectivity index (χ4v) is 0.996. The van der Waals surface area contributed by atoms with Crippen molar-refractivity contribution in [3.8, 4) is 17.6 Å². The number of rotatable bonds is 3. The van der Waals surface area contributed by atoms with E-state index in [2.05, 4.69) is 21.9 Å². The van der Waals surface area contributed by atoms with Gasteiger partial charge in [-0.05, 0) is 19.2 Å². The lowest BCUT2D eigenvalue weighted by Gasteiger charge is -2.05. The lowest BCUT2D eigenvalue weighted by molar-refractivity contribution is -0.0500. The van der Waals surface area contributed by atoms with E-state index < -0.39 is 6.61 Å². The molecule has 1 aromatic rings. The molecule has 0 radical (unpaired) electrons. The highest BCUT2D eigenvalue weighted by Crippen LogP contribution is 2.18. The molecule has 1 aromatic carbocycles. The number of hydrogen-bond donors (Lipinski definition) is 1. The molecule has 0 saturated carbocycles. The lowest BCUT2D eigenvalue weighted by atomic mass is 10.2. The molecule has 0 bridgehead atoms. The average molecular weight is 211 g/mol. The first-order chi connectivity index (χ1) is 7.24. The maximum absolute atomic E-state index is 12.0. The first kappa shape index (κ1) is 11.5. The van der Waals surface area contributed by atoms with Gasteiger partial charge in [0, 0.05) is 0 Å². The van der Waals surface area contributed by atoms with E-state index >= 15 is 0 Å². The summed E-state index contributed by atoms with van der Waals surface area (Å²) in [6.07, 6.45) is 0. The van der Waals surface area contributed by atoms with Crippen LogP contribution in [-0.2, 0) is 0 Å². The molecule has 0 atom stereocenters. The maximum atomic E-state index is 12.0. The summed E-state index contributed by atoms with van der Waals surface area (Å²) in [5, 5.41) is 2.84. The molecule has 80 valence electrons. The van der Waals surface area contributed by atoms with Gasteiger partial charge in [0.05, 0.1) is 12.1 Å². The highest BCUT2D eigenvalue weighted by atomic mass is 19.3. The summed E-state index contributed by atoms with van der Waals surface area (Å²) in [4.78, 5) is 0. The minimum atomic E-state index is -2.82. The third-order valence-electron chi connectivity index (χ3n) is 1.59. The van der Waals surface area contributed by atoms with Crippen LogP contribution in [0.25, 0.3) is 0 Å². The smallest absolute Gasteiger partial charge is 0.387 e. The predicted octanol–water partition coefficient (Wildman–Crippen LogP) is 1.86. The Morgan fingerprint density at radius 1 is 1.40 bits per heavy atom. The standard InChI is InChI=1S/C11H11F2NO/c1-14-8-4-6-9-5-2-3-7-10(9)15-11(12)13/h2-3,5,7,11,14H,8H2,1H3. The Morgan fingerprint density at radius 3 is 2.80 bits per heavy atom. The quantitative estimate of drug-likeness (QED) is 0.770. The Balaban J connectivity index is 2.83. The van der Waals surface area contributed by atoms with E-state index in [1.165, 1.54) is 6.07 Å². The molecule has 4 heteroatoms. The molecule has 0 amide bonds. The molecule has 1 rings (SSSR count). The van der Waals surface area contributed by atoms with E-state index in [4.69, 9.17) is 0 Å². The molecule has 0 aliphatic carbocycles. The monoisotopic (exact) mass is 211 g/mol. The van der Waals surface area contributed by atoms with Crippen molar-refractivity contribution in [2.45, 2.75) is 6.61 Å². The van der Waals surface area contributed by atoms with Crippen LogP contribution < -0.4 is 10.1 Å². The normalized spacial score (nSPS) is 9.60. The van der Waals surface area contributed by atoms with E-state index in [0.29, 0.717) is 12.1 Å². The van der Waals surface area contributed by atoms with Gasteiger partial charge in [-0.1, -0.05) is 24.0 Å². The van der Waals surface area contributed by atoms with Crippen molar-refractivity contribution in [3.63, 3.8) is 0 Å². The van der Waals surface area contributed by atoms with E-state index in [0.717, 1.165) is 0 Å². The van der Waals surface area contributed by atoms with Gasteiger partial charge in [0.25, 0.3) is 0 Å². The second-order valence-corrected chi connectivity index (χ2v) is 2.71. The Morgan fingerprint density at radius 2 is 2.13 bits per heavy atom. The molecular weight excluding hydrogens is 200 g/mol. The zero-order valence-electron chi connectivity index (χ0n) is 8.26. The molecule has 15 heavy (non-hydrogen) atoms. The topological polar surface area (TPSA) is 21.3 Å². The summed E-state index contributed by atoms with van der Waals surface area (Å²) in [5.41, 5.74) is 0.466. The summed E-state index contributed by atoms with van der Waals surface area (Å²) in [6, 6.07) is 6.46. The van der Waals surface area contributed by atoms with Crippen molar-refractivity contribution in [1.82, 2.24) is 5.32 Å². The Kier molecular flexibility index (Phi) is 4.58. The Labute approximate surface area is 87.2 Å². The van der Waals surface area contributed by atoms with Gasteiger partial charge >= 0.3 is 6.61 Å². The molecule has 0 aliphatic heterocycles.